The summed E-state index contributed by atoms with van der Waals surface area (Å²) >= 11 is 0. The third-order valence-corrected chi connectivity index (χ3v) is 24.5. The maximum atomic E-state index is 13.9. The number of carbonyl (C=O) groups excluding carboxylic acids is 6. The molecule has 12 aromatic rings. The van der Waals surface area contributed by atoms with Crippen molar-refractivity contribution in [3.63, 3.8) is 0 Å². The minimum atomic E-state index is -4.58. The molecule has 150 heavy (non-hydrogen) atoms. The van der Waals surface area contributed by atoms with Crippen molar-refractivity contribution in [2.24, 2.45) is 7.05 Å². The second-order valence-corrected chi connectivity index (χ2v) is 34.7. The van der Waals surface area contributed by atoms with Crippen LogP contribution in [0.1, 0.15) is 98.1 Å². The Labute approximate surface area is 849 Å². The SMILES string of the molecule is COC(=O)NCCn1cc(-c2cc(NC(=O)c3cccc(C(F)(F)F)c3)ccc2C)cc(N2CCOCC2)c1=O.COC(=O)NCCn1cc(-c2cc(NC(=O)c3cccc(C(F)(F)F)c3)cnc2C)cc(N2CCOCC2)c1=O.COc1cc(-c2cc(NC(=O)c3cccc(C(F)(F)F)c3)ccc2C)nc(N2CCOCC2)c1.Cn1cc(-c2cc(C(=O)Cc3cccc(C(F)(F)F)c3)ccc2C(F)F)cc(N2CCOCC2)c1=O. The van der Waals surface area contributed by atoms with Crippen molar-refractivity contribution in [1.29, 1.82) is 0 Å². The fourth-order valence-corrected chi connectivity index (χ4v) is 16.5. The molecule has 0 spiro atoms. The van der Waals surface area contributed by atoms with Crippen LogP contribution in [0, 0.1) is 20.8 Å². The van der Waals surface area contributed by atoms with Crippen LogP contribution in [0.4, 0.5) is 111 Å². The molecule has 30 nitrogen and oxygen atoms in total. The van der Waals surface area contributed by atoms with Gasteiger partial charge in [0.2, 0.25) is 0 Å². The van der Waals surface area contributed by atoms with Gasteiger partial charge in [-0.3, -0.25) is 38.5 Å². The summed E-state index contributed by atoms with van der Waals surface area (Å²) < 4.78 is 225. The van der Waals surface area contributed by atoms with E-state index in [0.29, 0.717) is 179 Å². The van der Waals surface area contributed by atoms with Gasteiger partial charge in [-0.15, -0.1) is 0 Å². The van der Waals surface area contributed by atoms with Crippen molar-refractivity contribution in [3.8, 4) is 50.4 Å². The first-order valence-corrected chi connectivity index (χ1v) is 46.9. The molecule has 792 valence electrons. The predicted molar refractivity (Wildman–Crippen MR) is 533 cm³/mol. The molecule has 7 aromatic carbocycles. The first-order valence-electron chi connectivity index (χ1n) is 46.9. The van der Waals surface area contributed by atoms with Crippen LogP contribution in [0.3, 0.4) is 0 Å². The zero-order chi connectivity index (χ0) is 108. The van der Waals surface area contributed by atoms with Gasteiger partial charge in [-0.25, -0.2) is 23.4 Å². The van der Waals surface area contributed by atoms with Gasteiger partial charge in [0.05, 0.1) is 114 Å². The van der Waals surface area contributed by atoms with E-state index in [0.717, 1.165) is 77.1 Å². The fourth-order valence-electron chi connectivity index (χ4n) is 16.5. The van der Waals surface area contributed by atoms with Crippen molar-refractivity contribution in [2.75, 3.05) is 175 Å². The summed E-state index contributed by atoms with van der Waals surface area (Å²) in [6.07, 6.45) is -16.5. The summed E-state index contributed by atoms with van der Waals surface area (Å²) in [6.45, 7) is 14.6. The molecule has 44 heteroatoms. The molecule has 5 aromatic heterocycles. The largest absolute Gasteiger partial charge is 0.497 e. The van der Waals surface area contributed by atoms with Gasteiger partial charge in [-0.2, -0.15) is 52.7 Å². The number of rotatable bonds is 25. The number of nitrogens with zero attached hydrogens (tertiary/aromatic N) is 9. The predicted octanol–water partition coefficient (Wildman–Crippen LogP) is 18.4. The summed E-state index contributed by atoms with van der Waals surface area (Å²) in [5, 5.41) is 13.1. The summed E-state index contributed by atoms with van der Waals surface area (Å²) in [6, 6.07) is 41.6. The highest BCUT2D eigenvalue weighted by Crippen LogP contribution is 2.40. The zero-order valence-corrected chi connectivity index (χ0v) is 82.0. The number of hydrogen-bond donors (Lipinski definition) is 5. The Morgan fingerprint density at radius 2 is 0.800 bits per heavy atom. The van der Waals surface area contributed by atoms with Crippen molar-refractivity contribution < 1.29 is 123 Å². The number of pyridine rings is 5. The third kappa shape index (κ3) is 29.4. The molecule has 5 amide bonds. The highest BCUT2D eigenvalue weighted by Gasteiger charge is 2.36. The summed E-state index contributed by atoms with van der Waals surface area (Å²) in [5.74, 6) is -1.16. The number of aryl methyl sites for hydroxylation is 4. The fraction of sp³-hybridized carbons (Fsp3) is 0.311. The number of ketones is 1. The van der Waals surface area contributed by atoms with Gasteiger partial charge in [0.25, 0.3) is 40.8 Å². The lowest BCUT2D eigenvalue weighted by atomic mass is 9.94. The Bertz CT molecular complexity index is 6860. The van der Waals surface area contributed by atoms with Crippen LogP contribution in [0.2, 0.25) is 0 Å². The molecule has 9 heterocycles. The van der Waals surface area contributed by atoms with Gasteiger partial charge in [-0.05, 0) is 164 Å². The van der Waals surface area contributed by atoms with Crippen LogP contribution in [-0.4, -0.2) is 199 Å². The van der Waals surface area contributed by atoms with Gasteiger partial charge in [0, 0.05) is 195 Å². The topological polar surface area (TPSA) is 332 Å². The Morgan fingerprint density at radius 1 is 0.407 bits per heavy atom. The van der Waals surface area contributed by atoms with E-state index in [1.54, 1.807) is 75.0 Å². The number of amides is 5. The van der Waals surface area contributed by atoms with Crippen molar-refractivity contribution >= 4 is 75.6 Å². The number of benzene rings is 7. The second-order valence-electron chi connectivity index (χ2n) is 34.7. The van der Waals surface area contributed by atoms with E-state index in [9.17, 15) is 105 Å². The summed E-state index contributed by atoms with van der Waals surface area (Å²) in [7, 11) is 5.59. The molecule has 0 radical (unpaired) electrons. The molecule has 4 aliphatic rings. The molecule has 4 aliphatic heterocycles. The van der Waals surface area contributed by atoms with Crippen molar-refractivity contribution in [1.82, 2.24) is 34.3 Å². The number of alkyl carbamates (subject to hydrolysis) is 2. The molecule has 0 saturated carbocycles. The van der Waals surface area contributed by atoms with E-state index < -0.39 is 89.1 Å². The number of nitrogens with one attached hydrogen (secondary N) is 5. The zero-order valence-electron chi connectivity index (χ0n) is 82.0. The summed E-state index contributed by atoms with van der Waals surface area (Å²) in [5.41, 5.74) is 4.35. The molecule has 4 saturated heterocycles. The molecular formula is C106H104F14N14O16. The van der Waals surface area contributed by atoms with Gasteiger partial charge < -0.3 is 93.0 Å². The molecular weight excluding hydrogens is 1990 g/mol. The van der Waals surface area contributed by atoms with E-state index in [-0.39, 0.29) is 93.9 Å². The quantitative estimate of drug-likeness (QED) is 0.0262. The average molecular weight is 2100 g/mol. The summed E-state index contributed by atoms with van der Waals surface area (Å²) in [4.78, 5) is 131. The minimum absolute atomic E-state index is 0.0741. The van der Waals surface area contributed by atoms with E-state index in [1.807, 2.05) is 46.7 Å². The second kappa shape index (κ2) is 49.8. The average Bonchev–Trinajstić information content (AvgIpc) is 0.979. The Balaban J connectivity index is 0.000000167. The first kappa shape index (κ1) is 111. The van der Waals surface area contributed by atoms with Crippen LogP contribution < -0.4 is 67.6 Å². The van der Waals surface area contributed by atoms with E-state index >= 15 is 0 Å². The lowest BCUT2D eigenvalue weighted by Gasteiger charge is -2.29. The first-order chi connectivity index (χ1) is 71.4. The number of carbonyl (C=O) groups is 6. The van der Waals surface area contributed by atoms with Crippen LogP contribution >= 0.6 is 0 Å². The van der Waals surface area contributed by atoms with E-state index in [4.69, 9.17) is 28.7 Å². The maximum Gasteiger partial charge on any atom is 0.416 e. The lowest BCUT2D eigenvalue weighted by molar-refractivity contribution is -0.138. The minimum Gasteiger partial charge on any atom is -0.497 e. The standard InChI is InChI=1S/C28H29F3N4O5.C27H28F3N5O5.C26H23F5N2O3.C25H24F3N3O3/c1-18-6-7-22(33-25(36)19-4-3-5-21(14-19)28(29,30)31)16-23(18)20-15-24(34-10-12-40-13-11-34)26(37)35(17-20)9-8-32-27(38)39-2;1-17-22(14-21(15-32-17)33-24(36)18-4-3-5-20(12-18)27(28,29)30)19-13-23(34-8-10-40-11-9-34)25(37)35(16-19)7-6-31-26(38)39-2;1-32-15-18(14-22(25(32)35)33-7-9-36-10-8-33)21-13-17(5-6-20(21)24(27)28)23(34)12-16-3-2-4-19(11-16)26(29,30)31;1-16-6-7-19(29-24(32)17-4-3-5-18(12-17)25(26,27)28)13-21(16)22-14-20(33-2)15-23(30-22)31-8-10-34-11-9-31/h3-7,14-17H,8-13H2,1-2H3,(H,32,38)(H,33,36);3-5,12-16H,6-11H2,1-2H3,(H,31,38)(H,33,36);2-6,11,13-15,24H,7-10,12H2,1H3;3-7,12-15H,8-11H2,1-2H3,(H,29,32). The number of Topliss-reactive ketones (excluding diaryl/α,β-unsaturated/α-hetero) is 1. The van der Waals surface area contributed by atoms with Gasteiger partial charge in [0.15, 0.2) is 5.78 Å². The Morgan fingerprint density at radius 3 is 1.23 bits per heavy atom. The normalized spacial score (nSPS) is 13.9. The monoisotopic (exact) mass is 2090 g/mol. The highest BCUT2D eigenvalue weighted by molar-refractivity contribution is 6.06. The number of alkyl halides is 14. The van der Waals surface area contributed by atoms with Crippen LogP contribution in [-0.2, 0) is 79.7 Å². The molecule has 5 N–H and O–H groups in total. The highest BCUT2D eigenvalue weighted by atomic mass is 19.4. The number of morpholine rings is 4. The molecule has 0 bridgehead atoms. The van der Waals surface area contributed by atoms with Gasteiger partial charge >= 0.3 is 36.9 Å². The Hall–Kier alpha value is -15.8. The van der Waals surface area contributed by atoms with Crippen LogP contribution in [0.5, 0.6) is 5.75 Å². The van der Waals surface area contributed by atoms with Crippen molar-refractivity contribution in [3.05, 3.63) is 316 Å². The van der Waals surface area contributed by atoms with E-state index in [2.05, 4.69) is 45.9 Å². The number of methoxy groups -OCH3 is 3. The maximum absolute atomic E-state index is 13.9. The van der Waals surface area contributed by atoms with Crippen LogP contribution in [0.25, 0.3) is 44.6 Å². The molecule has 0 atom stereocenters. The number of hydrogen-bond acceptors (Lipinski definition) is 22. The smallest absolute Gasteiger partial charge is 0.416 e. The number of halogens is 14. The molecule has 0 unspecified atom stereocenters. The lowest BCUT2D eigenvalue weighted by Crippen LogP contribution is -2.41. The molecule has 0 aliphatic carbocycles. The third-order valence-electron chi connectivity index (χ3n) is 24.5. The van der Waals surface area contributed by atoms with Gasteiger partial charge in [-0.1, -0.05) is 60.7 Å². The van der Waals surface area contributed by atoms with E-state index in [1.165, 1.54) is 114 Å². The molecule has 4 fully saturated rings. The van der Waals surface area contributed by atoms with Crippen LogP contribution in [0.15, 0.2) is 227 Å². The Kier molecular flexibility index (Phi) is 37.0. The van der Waals surface area contributed by atoms with Crippen molar-refractivity contribution in [2.45, 2.75) is 71.4 Å². The number of aromatic nitrogens is 5. The number of anilines is 7. The van der Waals surface area contributed by atoms with Gasteiger partial charge in [0.1, 0.15) is 28.6 Å². The number of ether oxygens (including phenoxy) is 7. The molecule has 16 rings (SSSR count).